The fraction of sp³-hybridized carbons (Fsp3) is 0.500. The van der Waals surface area contributed by atoms with Gasteiger partial charge in [-0.1, -0.05) is 18.1 Å². The Morgan fingerprint density at radius 1 is 1.25 bits per heavy atom. The highest BCUT2D eigenvalue weighted by Crippen LogP contribution is 2.20. The maximum Gasteiger partial charge on any atom is 0.173 e. The maximum atomic E-state index is 8.76. The Hall–Kier alpha value is -1.79. The summed E-state index contributed by atoms with van der Waals surface area (Å²) in [5.41, 5.74) is 7.07. The van der Waals surface area contributed by atoms with Crippen molar-refractivity contribution in [3.05, 3.63) is 29.3 Å². The number of amidine groups is 1. The van der Waals surface area contributed by atoms with E-state index in [2.05, 4.69) is 12.1 Å². The molecule has 6 heteroatoms. The summed E-state index contributed by atoms with van der Waals surface area (Å²) in [5, 5.41) is 11.7. The standard InChI is InChI=1S/C14H22N2O4/c1-3-6-19-7-8-20-10-11-4-5-13(18-2)12(9-11)14(15)16-17/h4-5,9,17H,3,6-8,10H2,1-2H3,(H2,15,16). The predicted octanol–water partition coefficient (Wildman–Crippen LogP) is 1.73. The average Bonchev–Trinajstić information content (AvgIpc) is 2.49. The minimum atomic E-state index is 0.00924. The molecule has 0 aliphatic heterocycles. The number of rotatable bonds is 9. The number of nitrogens with two attached hydrogens (primary N) is 1. The molecule has 0 saturated heterocycles. The van der Waals surface area contributed by atoms with Crippen LogP contribution in [-0.2, 0) is 16.1 Å². The van der Waals surface area contributed by atoms with Crippen molar-refractivity contribution in [1.82, 2.24) is 0 Å². The molecule has 1 aromatic carbocycles. The van der Waals surface area contributed by atoms with Gasteiger partial charge in [0.05, 0.1) is 32.5 Å². The molecule has 0 amide bonds. The first-order valence-electron chi connectivity index (χ1n) is 6.53. The van der Waals surface area contributed by atoms with E-state index in [1.54, 1.807) is 12.1 Å². The van der Waals surface area contributed by atoms with E-state index in [-0.39, 0.29) is 5.84 Å². The molecule has 6 nitrogen and oxygen atoms in total. The molecule has 0 spiro atoms. The van der Waals surface area contributed by atoms with Gasteiger partial charge in [0, 0.05) is 6.61 Å². The van der Waals surface area contributed by atoms with Crippen LogP contribution in [0.4, 0.5) is 0 Å². The van der Waals surface area contributed by atoms with E-state index < -0.39 is 0 Å². The van der Waals surface area contributed by atoms with Crippen LogP contribution in [-0.4, -0.2) is 38.0 Å². The summed E-state index contributed by atoms with van der Waals surface area (Å²) < 4.78 is 16.0. The molecule has 0 atom stereocenters. The molecule has 0 heterocycles. The normalized spacial score (nSPS) is 11.6. The monoisotopic (exact) mass is 282 g/mol. The second-order valence-corrected chi connectivity index (χ2v) is 4.18. The molecule has 0 aromatic heterocycles. The van der Waals surface area contributed by atoms with Crippen LogP contribution < -0.4 is 10.5 Å². The van der Waals surface area contributed by atoms with E-state index in [1.165, 1.54) is 7.11 Å². The van der Waals surface area contributed by atoms with Crippen LogP contribution in [0.25, 0.3) is 0 Å². The highest BCUT2D eigenvalue weighted by molar-refractivity contribution is 5.99. The minimum absolute atomic E-state index is 0.00924. The van der Waals surface area contributed by atoms with Crippen LogP contribution >= 0.6 is 0 Å². The minimum Gasteiger partial charge on any atom is -0.496 e. The quantitative estimate of drug-likeness (QED) is 0.237. The van der Waals surface area contributed by atoms with Gasteiger partial charge in [0.25, 0.3) is 0 Å². The number of nitrogens with zero attached hydrogens (tertiary/aromatic N) is 1. The summed E-state index contributed by atoms with van der Waals surface area (Å²) in [5.74, 6) is 0.560. The van der Waals surface area contributed by atoms with Crippen molar-refractivity contribution in [2.45, 2.75) is 20.0 Å². The Bertz CT molecular complexity index is 435. The molecule has 112 valence electrons. The molecule has 0 aliphatic rings. The summed E-state index contributed by atoms with van der Waals surface area (Å²) >= 11 is 0. The van der Waals surface area contributed by atoms with Crippen molar-refractivity contribution < 1.29 is 19.4 Å². The predicted molar refractivity (Wildman–Crippen MR) is 76.3 cm³/mol. The third-order valence-electron chi connectivity index (χ3n) is 2.64. The van der Waals surface area contributed by atoms with E-state index in [0.717, 1.165) is 18.6 Å². The van der Waals surface area contributed by atoms with Gasteiger partial charge in [-0.05, 0) is 24.1 Å². The van der Waals surface area contributed by atoms with Crippen molar-refractivity contribution in [2.75, 3.05) is 26.9 Å². The molecule has 20 heavy (non-hydrogen) atoms. The SMILES string of the molecule is CCCOCCOCc1ccc(OC)c(C(N)=NO)c1. The summed E-state index contributed by atoms with van der Waals surface area (Å²) in [6, 6.07) is 5.42. The molecule has 0 unspecified atom stereocenters. The first kappa shape index (κ1) is 16.3. The number of oxime groups is 1. The van der Waals surface area contributed by atoms with Gasteiger partial charge in [-0.3, -0.25) is 0 Å². The molecule has 1 rings (SSSR count). The van der Waals surface area contributed by atoms with Crippen LogP contribution in [0.15, 0.2) is 23.4 Å². The van der Waals surface area contributed by atoms with Crippen molar-refractivity contribution in [1.29, 1.82) is 0 Å². The Labute approximate surface area is 119 Å². The fourth-order valence-corrected chi connectivity index (χ4v) is 1.65. The van der Waals surface area contributed by atoms with Crippen LogP contribution in [0, 0.1) is 0 Å². The molecular formula is C14H22N2O4. The molecule has 0 bridgehead atoms. The number of hydrogen-bond donors (Lipinski definition) is 2. The Balaban J connectivity index is 2.55. The third kappa shape index (κ3) is 5.07. The topological polar surface area (TPSA) is 86.3 Å². The molecule has 3 N–H and O–H groups in total. The van der Waals surface area contributed by atoms with Gasteiger partial charge < -0.3 is 25.2 Å². The zero-order valence-electron chi connectivity index (χ0n) is 12.0. The van der Waals surface area contributed by atoms with Crippen LogP contribution in [0.3, 0.4) is 0 Å². The van der Waals surface area contributed by atoms with Crippen LogP contribution in [0.5, 0.6) is 5.75 Å². The van der Waals surface area contributed by atoms with Crippen molar-refractivity contribution in [3.8, 4) is 5.75 Å². The maximum absolute atomic E-state index is 8.76. The highest BCUT2D eigenvalue weighted by atomic mass is 16.5. The van der Waals surface area contributed by atoms with E-state index >= 15 is 0 Å². The van der Waals surface area contributed by atoms with E-state index in [0.29, 0.717) is 31.1 Å². The summed E-state index contributed by atoms with van der Waals surface area (Å²) in [6.45, 7) is 4.36. The first-order chi connectivity index (χ1) is 9.72. The largest absolute Gasteiger partial charge is 0.496 e. The molecule has 0 radical (unpaired) electrons. The van der Waals surface area contributed by atoms with Crippen molar-refractivity contribution in [3.63, 3.8) is 0 Å². The van der Waals surface area contributed by atoms with Crippen LogP contribution in [0.1, 0.15) is 24.5 Å². The highest BCUT2D eigenvalue weighted by Gasteiger charge is 2.09. The van der Waals surface area contributed by atoms with Crippen LogP contribution in [0.2, 0.25) is 0 Å². The molecular weight excluding hydrogens is 260 g/mol. The number of methoxy groups -OCH3 is 1. The van der Waals surface area contributed by atoms with Gasteiger partial charge in [-0.25, -0.2) is 0 Å². The van der Waals surface area contributed by atoms with E-state index in [9.17, 15) is 0 Å². The third-order valence-corrected chi connectivity index (χ3v) is 2.64. The summed E-state index contributed by atoms with van der Waals surface area (Å²) in [6.07, 6.45) is 1.00. The van der Waals surface area contributed by atoms with Gasteiger partial charge in [-0.15, -0.1) is 0 Å². The molecule has 1 aromatic rings. The van der Waals surface area contributed by atoms with Gasteiger partial charge in [-0.2, -0.15) is 0 Å². The van der Waals surface area contributed by atoms with Crippen molar-refractivity contribution in [2.24, 2.45) is 10.9 Å². The number of hydrogen-bond acceptors (Lipinski definition) is 5. The van der Waals surface area contributed by atoms with E-state index in [4.69, 9.17) is 25.2 Å². The van der Waals surface area contributed by atoms with E-state index in [1.807, 2.05) is 6.07 Å². The lowest BCUT2D eigenvalue weighted by Gasteiger charge is -2.10. The lowest BCUT2D eigenvalue weighted by Crippen LogP contribution is -2.15. The molecule has 0 fully saturated rings. The zero-order chi connectivity index (χ0) is 14.8. The lowest BCUT2D eigenvalue weighted by atomic mass is 10.1. The lowest BCUT2D eigenvalue weighted by molar-refractivity contribution is 0.0408. The van der Waals surface area contributed by atoms with Gasteiger partial charge in [0.2, 0.25) is 0 Å². The zero-order valence-corrected chi connectivity index (χ0v) is 12.0. The molecule has 0 aliphatic carbocycles. The fourth-order valence-electron chi connectivity index (χ4n) is 1.65. The number of benzene rings is 1. The summed E-state index contributed by atoms with van der Waals surface area (Å²) in [7, 11) is 1.53. The van der Waals surface area contributed by atoms with Crippen molar-refractivity contribution >= 4 is 5.84 Å². The summed E-state index contributed by atoms with van der Waals surface area (Å²) in [4.78, 5) is 0. The second-order valence-electron chi connectivity index (χ2n) is 4.18. The van der Waals surface area contributed by atoms with Gasteiger partial charge in [0.15, 0.2) is 5.84 Å². The van der Waals surface area contributed by atoms with Gasteiger partial charge in [0.1, 0.15) is 5.75 Å². The Morgan fingerprint density at radius 2 is 2.00 bits per heavy atom. The Morgan fingerprint density at radius 3 is 2.65 bits per heavy atom. The second kappa shape index (κ2) is 9.17. The average molecular weight is 282 g/mol. The Kier molecular flexibility index (Phi) is 7.46. The first-order valence-corrected chi connectivity index (χ1v) is 6.53. The smallest absolute Gasteiger partial charge is 0.173 e. The molecule has 0 saturated carbocycles. The number of ether oxygens (including phenoxy) is 3. The van der Waals surface area contributed by atoms with Gasteiger partial charge >= 0.3 is 0 Å².